The molecule has 0 fully saturated rings. The third-order valence-electron chi connectivity index (χ3n) is 2.78. The summed E-state index contributed by atoms with van der Waals surface area (Å²) in [6.45, 7) is 0.666. The molecule has 0 heterocycles. The quantitative estimate of drug-likeness (QED) is 0.860. The maximum absolute atomic E-state index is 12.7. The number of nitrogens with one attached hydrogen (secondary N) is 1. The van der Waals surface area contributed by atoms with Gasteiger partial charge in [0.1, 0.15) is 5.82 Å². The molecule has 0 spiro atoms. The van der Waals surface area contributed by atoms with E-state index in [0.29, 0.717) is 6.54 Å². The molecule has 0 amide bonds. The van der Waals surface area contributed by atoms with E-state index in [9.17, 15) is 9.50 Å². The molecular formula is C16H16FNO. The van der Waals surface area contributed by atoms with E-state index in [0.717, 1.165) is 16.8 Å². The first-order valence-electron chi connectivity index (χ1n) is 6.14. The van der Waals surface area contributed by atoms with Crippen molar-refractivity contribution < 1.29 is 9.50 Å². The normalized spacial score (nSPS) is 10.8. The molecule has 0 radical (unpaired) electrons. The van der Waals surface area contributed by atoms with Crippen molar-refractivity contribution in [2.24, 2.45) is 0 Å². The molecule has 0 bridgehead atoms. The molecule has 3 heteroatoms. The molecule has 19 heavy (non-hydrogen) atoms. The van der Waals surface area contributed by atoms with Gasteiger partial charge in [-0.3, -0.25) is 0 Å². The summed E-state index contributed by atoms with van der Waals surface area (Å²) >= 11 is 0. The first-order valence-corrected chi connectivity index (χ1v) is 6.14. The van der Waals surface area contributed by atoms with Crippen LogP contribution in [0.3, 0.4) is 0 Å². The highest BCUT2D eigenvalue weighted by Crippen LogP contribution is 2.14. The Morgan fingerprint density at radius 2 is 1.79 bits per heavy atom. The Labute approximate surface area is 112 Å². The lowest BCUT2D eigenvalue weighted by Gasteiger charge is -2.07. The number of anilines is 1. The van der Waals surface area contributed by atoms with E-state index in [-0.39, 0.29) is 12.4 Å². The van der Waals surface area contributed by atoms with Crippen molar-refractivity contribution in [3.8, 4) is 0 Å². The van der Waals surface area contributed by atoms with E-state index in [1.54, 1.807) is 12.1 Å². The minimum Gasteiger partial charge on any atom is -0.392 e. The lowest BCUT2D eigenvalue weighted by molar-refractivity contribution is 0.282. The van der Waals surface area contributed by atoms with Crippen molar-refractivity contribution in [3.05, 3.63) is 71.6 Å². The van der Waals surface area contributed by atoms with Crippen LogP contribution in [0.1, 0.15) is 11.1 Å². The van der Waals surface area contributed by atoms with Crippen molar-refractivity contribution >= 4 is 11.8 Å². The summed E-state index contributed by atoms with van der Waals surface area (Å²) in [6, 6.07) is 14.0. The topological polar surface area (TPSA) is 32.3 Å². The molecule has 98 valence electrons. The summed E-state index contributed by atoms with van der Waals surface area (Å²) in [5.74, 6) is -0.229. The molecule has 0 saturated heterocycles. The summed E-state index contributed by atoms with van der Waals surface area (Å²) in [5.41, 5.74) is 2.75. The Morgan fingerprint density at radius 1 is 1.05 bits per heavy atom. The average Bonchev–Trinajstić information content (AvgIpc) is 2.46. The van der Waals surface area contributed by atoms with Gasteiger partial charge in [0.15, 0.2) is 0 Å². The molecule has 0 unspecified atom stereocenters. The Kier molecular flexibility index (Phi) is 4.70. The number of hydrogen-bond acceptors (Lipinski definition) is 2. The van der Waals surface area contributed by atoms with Crippen LogP contribution in [0.4, 0.5) is 10.1 Å². The SMILES string of the molecule is OCc1ccccc1NC/C=C/c1ccc(F)cc1. The summed E-state index contributed by atoms with van der Waals surface area (Å²) < 4.78 is 12.7. The lowest BCUT2D eigenvalue weighted by Crippen LogP contribution is -2.01. The summed E-state index contributed by atoms with van der Waals surface area (Å²) in [5, 5.41) is 12.4. The smallest absolute Gasteiger partial charge is 0.123 e. The molecule has 0 aliphatic heterocycles. The maximum atomic E-state index is 12.7. The zero-order valence-electron chi connectivity index (χ0n) is 10.5. The fourth-order valence-electron chi connectivity index (χ4n) is 1.77. The molecule has 2 N–H and O–H groups in total. The van der Waals surface area contributed by atoms with Gasteiger partial charge in [-0.25, -0.2) is 4.39 Å². The molecule has 0 aliphatic rings. The zero-order chi connectivity index (χ0) is 13.5. The minimum atomic E-state index is -0.229. The summed E-state index contributed by atoms with van der Waals surface area (Å²) in [7, 11) is 0. The van der Waals surface area contributed by atoms with Gasteiger partial charge in [0.05, 0.1) is 6.61 Å². The first kappa shape index (κ1) is 13.3. The third-order valence-corrected chi connectivity index (χ3v) is 2.78. The highest BCUT2D eigenvalue weighted by atomic mass is 19.1. The second-order valence-corrected chi connectivity index (χ2v) is 4.15. The predicted molar refractivity (Wildman–Crippen MR) is 76.3 cm³/mol. The predicted octanol–water partition coefficient (Wildman–Crippen LogP) is 3.44. The van der Waals surface area contributed by atoms with Gasteiger partial charge in [0.25, 0.3) is 0 Å². The van der Waals surface area contributed by atoms with Gasteiger partial charge in [-0.1, -0.05) is 42.5 Å². The minimum absolute atomic E-state index is 0.0187. The Morgan fingerprint density at radius 3 is 2.53 bits per heavy atom. The molecule has 2 nitrogen and oxygen atoms in total. The number of benzene rings is 2. The molecular weight excluding hydrogens is 241 g/mol. The highest BCUT2D eigenvalue weighted by Gasteiger charge is 1.97. The van der Waals surface area contributed by atoms with Crippen LogP contribution in [0, 0.1) is 5.82 Å². The Hall–Kier alpha value is -2.13. The van der Waals surface area contributed by atoms with E-state index in [1.807, 2.05) is 36.4 Å². The van der Waals surface area contributed by atoms with Gasteiger partial charge < -0.3 is 10.4 Å². The van der Waals surface area contributed by atoms with Crippen LogP contribution in [-0.4, -0.2) is 11.7 Å². The number of aliphatic hydroxyl groups is 1. The average molecular weight is 257 g/mol. The van der Waals surface area contributed by atoms with Crippen molar-refractivity contribution in [2.45, 2.75) is 6.61 Å². The van der Waals surface area contributed by atoms with Gasteiger partial charge >= 0.3 is 0 Å². The van der Waals surface area contributed by atoms with Crippen molar-refractivity contribution in [1.82, 2.24) is 0 Å². The number of rotatable bonds is 5. The van der Waals surface area contributed by atoms with E-state index in [4.69, 9.17) is 0 Å². The van der Waals surface area contributed by atoms with E-state index >= 15 is 0 Å². The molecule has 0 aromatic heterocycles. The van der Waals surface area contributed by atoms with Crippen LogP contribution >= 0.6 is 0 Å². The molecule has 2 aromatic carbocycles. The van der Waals surface area contributed by atoms with Crippen LogP contribution in [0.25, 0.3) is 6.08 Å². The van der Waals surface area contributed by atoms with Gasteiger partial charge in [0, 0.05) is 17.8 Å². The molecule has 2 rings (SSSR count). The van der Waals surface area contributed by atoms with E-state index in [1.165, 1.54) is 12.1 Å². The van der Waals surface area contributed by atoms with Gasteiger partial charge in [-0.2, -0.15) is 0 Å². The first-order chi connectivity index (χ1) is 9.29. The molecule has 2 aromatic rings. The van der Waals surface area contributed by atoms with Crippen LogP contribution in [0.2, 0.25) is 0 Å². The monoisotopic (exact) mass is 257 g/mol. The van der Waals surface area contributed by atoms with Gasteiger partial charge in [0.2, 0.25) is 0 Å². The molecule has 0 aliphatic carbocycles. The number of halogens is 1. The summed E-state index contributed by atoms with van der Waals surface area (Å²) in [6.07, 6.45) is 3.88. The number of hydrogen-bond donors (Lipinski definition) is 2. The van der Waals surface area contributed by atoms with Gasteiger partial charge in [-0.15, -0.1) is 0 Å². The third kappa shape index (κ3) is 3.93. The van der Waals surface area contributed by atoms with Crippen molar-refractivity contribution in [1.29, 1.82) is 0 Å². The number of aliphatic hydroxyl groups excluding tert-OH is 1. The standard InChI is InChI=1S/C16H16FNO/c17-15-9-7-13(8-10-15)4-3-11-18-16-6-2-1-5-14(16)12-19/h1-10,18-19H,11-12H2/b4-3+. The zero-order valence-corrected chi connectivity index (χ0v) is 10.5. The van der Waals surface area contributed by atoms with E-state index < -0.39 is 0 Å². The van der Waals surface area contributed by atoms with Crippen LogP contribution in [-0.2, 0) is 6.61 Å². The molecule has 0 atom stereocenters. The van der Waals surface area contributed by atoms with Crippen LogP contribution < -0.4 is 5.32 Å². The number of para-hydroxylation sites is 1. The fraction of sp³-hybridized carbons (Fsp3) is 0.125. The van der Waals surface area contributed by atoms with Crippen molar-refractivity contribution in [3.63, 3.8) is 0 Å². The highest BCUT2D eigenvalue weighted by molar-refractivity contribution is 5.53. The maximum Gasteiger partial charge on any atom is 0.123 e. The van der Waals surface area contributed by atoms with E-state index in [2.05, 4.69) is 5.32 Å². The second-order valence-electron chi connectivity index (χ2n) is 4.15. The Balaban J connectivity index is 1.91. The molecule has 0 saturated carbocycles. The fourth-order valence-corrected chi connectivity index (χ4v) is 1.77. The largest absolute Gasteiger partial charge is 0.392 e. The lowest BCUT2D eigenvalue weighted by atomic mass is 10.2. The summed E-state index contributed by atoms with van der Waals surface area (Å²) in [4.78, 5) is 0. The second kappa shape index (κ2) is 6.71. The van der Waals surface area contributed by atoms with Crippen molar-refractivity contribution in [2.75, 3.05) is 11.9 Å². The van der Waals surface area contributed by atoms with Crippen LogP contribution in [0.5, 0.6) is 0 Å². The van der Waals surface area contributed by atoms with Gasteiger partial charge in [-0.05, 0) is 23.8 Å². The van der Waals surface area contributed by atoms with Crippen LogP contribution in [0.15, 0.2) is 54.6 Å². The Bertz CT molecular complexity index is 549.